The van der Waals surface area contributed by atoms with Gasteiger partial charge in [-0.05, 0) is 62.2 Å². The molecule has 1 fully saturated rings. The van der Waals surface area contributed by atoms with E-state index in [-0.39, 0.29) is 5.75 Å². The molecule has 26 heavy (non-hydrogen) atoms. The molecule has 0 radical (unpaired) electrons. The molecule has 3 N–H and O–H groups in total. The average Bonchev–Trinajstić information content (AvgIpc) is 3.17. The summed E-state index contributed by atoms with van der Waals surface area (Å²) in [7, 11) is 0. The Morgan fingerprint density at radius 3 is 3.00 bits per heavy atom. The highest BCUT2D eigenvalue weighted by atomic mass is 16.5. The number of nitrogens with one attached hydrogen (secondary N) is 2. The summed E-state index contributed by atoms with van der Waals surface area (Å²) in [5, 5.41) is 17.4. The number of phenolic OH excluding ortho intramolecular Hbond substituents is 1. The third-order valence-electron chi connectivity index (χ3n) is 4.69. The molecule has 2 aromatic carbocycles. The minimum Gasteiger partial charge on any atom is -0.508 e. The maximum atomic E-state index is 9.72. The number of aryl methyl sites for hydroxylation is 1. The van der Waals surface area contributed by atoms with E-state index in [9.17, 15) is 5.11 Å². The molecule has 1 aliphatic rings. The van der Waals surface area contributed by atoms with E-state index in [2.05, 4.69) is 20.6 Å². The van der Waals surface area contributed by atoms with E-state index in [1.165, 1.54) is 6.42 Å². The number of rotatable bonds is 5. The number of aromatic nitrogens is 2. The lowest BCUT2D eigenvalue weighted by molar-refractivity contribution is 0.280. The first kappa shape index (κ1) is 16.6. The Labute approximate surface area is 152 Å². The molecule has 0 unspecified atom stereocenters. The van der Waals surface area contributed by atoms with Crippen molar-refractivity contribution in [3.63, 3.8) is 0 Å². The molecular weight excluding hydrogens is 328 g/mol. The zero-order chi connectivity index (χ0) is 17.9. The Morgan fingerprint density at radius 2 is 2.19 bits per heavy atom. The first-order valence-electron chi connectivity index (χ1n) is 8.87. The highest BCUT2D eigenvalue weighted by molar-refractivity contribution is 5.95. The zero-order valence-corrected chi connectivity index (χ0v) is 14.7. The van der Waals surface area contributed by atoms with Crippen molar-refractivity contribution in [2.24, 2.45) is 0 Å². The van der Waals surface area contributed by atoms with Gasteiger partial charge in [-0.15, -0.1) is 0 Å². The number of hydrogen-bond donors (Lipinski definition) is 3. The minimum absolute atomic E-state index is 0.274. The van der Waals surface area contributed by atoms with Gasteiger partial charge in [0.1, 0.15) is 30.3 Å². The second kappa shape index (κ2) is 7.17. The second-order valence-corrected chi connectivity index (χ2v) is 6.60. The number of aromatic hydroxyl groups is 1. The molecule has 1 saturated heterocycles. The molecule has 2 heterocycles. The van der Waals surface area contributed by atoms with Crippen molar-refractivity contribution in [2.45, 2.75) is 25.8 Å². The Balaban J connectivity index is 1.66. The fourth-order valence-corrected chi connectivity index (χ4v) is 3.25. The van der Waals surface area contributed by atoms with E-state index >= 15 is 0 Å². The van der Waals surface area contributed by atoms with Gasteiger partial charge in [-0.3, -0.25) is 0 Å². The van der Waals surface area contributed by atoms with Gasteiger partial charge in [-0.1, -0.05) is 6.07 Å². The van der Waals surface area contributed by atoms with E-state index < -0.39 is 0 Å². The van der Waals surface area contributed by atoms with Crippen LogP contribution in [0.4, 0.5) is 11.5 Å². The molecule has 1 aliphatic heterocycles. The van der Waals surface area contributed by atoms with Crippen LogP contribution in [0.3, 0.4) is 0 Å². The normalized spacial score (nSPS) is 16.7. The zero-order valence-electron chi connectivity index (χ0n) is 14.7. The Kier molecular flexibility index (Phi) is 4.58. The molecule has 6 nitrogen and oxygen atoms in total. The van der Waals surface area contributed by atoms with Crippen molar-refractivity contribution in [2.75, 3.05) is 18.5 Å². The Bertz CT molecular complexity index is 918. The maximum absolute atomic E-state index is 9.72. The van der Waals surface area contributed by atoms with Gasteiger partial charge in [0.15, 0.2) is 0 Å². The summed E-state index contributed by atoms with van der Waals surface area (Å²) in [6, 6.07) is 11.6. The van der Waals surface area contributed by atoms with Gasteiger partial charge in [0.2, 0.25) is 0 Å². The van der Waals surface area contributed by atoms with Crippen LogP contribution in [-0.4, -0.2) is 34.3 Å². The van der Waals surface area contributed by atoms with Gasteiger partial charge in [0.25, 0.3) is 0 Å². The molecule has 1 atom stereocenters. The van der Waals surface area contributed by atoms with Gasteiger partial charge in [-0.25, -0.2) is 9.97 Å². The van der Waals surface area contributed by atoms with Crippen molar-refractivity contribution in [1.29, 1.82) is 0 Å². The third-order valence-corrected chi connectivity index (χ3v) is 4.69. The molecule has 4 rings (SSSR count). The summed E-state index contributed by atoms with van der Waals surface area (Å²) in [6.07, 6.45) is 3.87. The lowest BCUT2D eigenvalue weighted by Gasteiger charge is -2.16. The SMILES string of the molecule is Cc1cc(Nc2ncnc3cccc(OC[C@@H]4CCCN4)c23)ccc1O. The third kappa shape index (κ3) is 3.41. The molecule has 1 aromatic heterocycles. The number of hydrogen-bond acceptors (Lipinski definition) is 6. The molecule has 134 valence electrons. The first-order chi connectivity index (χ1) is 12.7. The van der Waals surface area contributed by atoms with E-state index in [0.717, 1.165) is 40.9 Å². The molecular formula is C20H22N4O2. The number of nitrogens with zero attached hydrogens (tertiary/aromatic N) is 2. The predicted molar refractivity (Wildman–Crippen MR) is 102 cm³/mol. The van der Waals surface area contributed by atoms with Crippen molar-refractivity contribution in [3.05, 3.63) is 48.3 Å². The van der Waals surface area contributed by atoms with Gasteiger partial charge in [-0.2, -0.15) is 0 Å². The second-order valence-electron chi connectivity index (χ2n) is 6.60. The topological polar surface area (TPSA) is 79.3 Å². The molecule has 0 aliphatic carbocycles. The van der Waals surface area contributed by atoms with Crippen LogP contribution in [0.1, 0.15) is 18.4 Å². The van der Waals surface area contributed by atoms with Gasteiger partial charge < -0.3 is 20.5 Å². The van der Waals surface area contributed by atoms with E-state index in [1.54, 1.807) is 12.4 Å². The quantitative estimate of drug-likeness (QED) is 0.611. The smallest absolute Gasteiger partial charge is 0.145 e. The summed E-state index contributed by atoms with van der Waals surface area (Å²) in [6.45, 7) is 3.55. The molecule has 0 amide bonds. The van der Waals surface area contributed by atoms with Crippen LogP contribution in [0.5, 0.6) is 11.5 Å². The van der Waals surface area contributed by atoms with Gasteiger partial charge >= 0.3 is 0 Å². The summed E-state index contributed by atoms with van der Waals surface area (Å²) in [4.78, 5) is 8.78. The van der Waals surface area contributed by atoms with Crippen molar-refractivity contribution < 1.29 is 9.84 Å². The highest BCUT2D eigenvalue weighted by Crippen LogP contribution is 2.32. The molecule has 0 saturated carbocycles. The van der Waals surface area contributed by atoms with Crippen molar-refractivity contribution in [1.82, 2.24) is 15.3 Å². The number of anilines is 2. The fourth-order valence-electron chi connectivity index (χ4n) is 3.25. The monoisotopic (exact) mass is 350 g/mol. The number of phenols is 1. The lowest BCUT2D eigenvalue weighted by atomic mass is 10.1. The maximum Gasteiger partial charge on any atom is 0.145 e. The van der Waals surface area contributed by atoms with E-state index in [4.69, 9.17) is 4.74 Å². The molecule has 3 aromatic rings. The van der Waals surface area contributed by atoms with Crippen LogP contribution in [0.2, 0.25) is 0 Å². The van der Waals surface area contributed by atoms with Crippen LogP contribution in [-0.2, 0) is 0 Å². The Hall–Kier alpha value is -2.86. The largest absolute Gasteiger partial charge is 0.508 e. The fraction of sp³-hybridized carbons (Fsp3) is 0.300. The summed E-state index contributed by atoms with van der Waals surface area (Å²) >= 11 is 0. The van der Waals surface area contributed by atoms with Crippen molar-refractivity contribution in [3.8, 4) is 11.5 Å². The standard InChI is InChI=1S/C20H22N4O2/c1-13-10-14(7-8-17(13)25)24-20-19-16(22-12-23-20)5-2-6-18(19)26-11-15-4-3-9-21-15/h2,5-8,10,12,15,21,25H,3-4,9,11H2,1H3,(H,22,23,24)/t15-/m0/s1. The van der Waals surface area contributed by atoms with Gasteiger partial charge in [0.05, 0.1) is 10.9 Å². The van der Waals surface area contributed by atoms with E-state index in [1.807, 2.05) is 37.3 Å². The summed E-state index contributed by atoms with van der Waals surface area (Å²) < 4.78 is 6.10. The van der Waals surface area contributed by atoms with Crippen molar-refractivity contribution >= 4 is 22.4 Å². The first-order valence-corrected chi connectivity index (χ1v) is 8.87. The summed E-state index contributed by atoms with van der Waals surface area (Å²) in [5.74, 6) is 1.74. The number of fused-ring (bicyclic) bond motifs is 1. The minimum atomic E-state index is 0.274. The van der Waals surface area contributed by atoms with Crippen LogP contribution in [0.25, 0.3) is 10.9 Å². The van der Waals surface area contributed by atoms with Crippen LogP contribution in [0, 0.1) is 6.92 Å². The van der Waals surface area contributed by atoms with Crippen LogP contribution in [0.15, 0.2) is 42.7 Å². The van der Waals surface area contributed by atoms with E-state index in [0.29, 0.717) is 18.5 Å². The number of ether oxygens (including phenoxy) is 1. The van der Waals surface area contributed by atoms with Crippen LogP contribution >= 0.6 is 0 Å². The molecule has 0 spiro atoms. The average molecular weight is 350 g/mol. The van der Waals surface area contributed by atoms with Crippen LogP contribution < -0.4 is 15.4 Å². The summed E-state index contributed by atoms with van der Waals surface area (Å²) in [5.41, 5.74) is 2.49. The predicted octanol–water partition coefficient (Wildman–Crippen LogP) is 3.52. The molecule has 0 bridgehead atoms. The lowest BCUT2D eigenvalue weighted by Crippen LogP contribution is -2.28. The highest BCUT2D eigenvalue weighted by Gasteiger charge is 2.16. The number of benzene rings is 2. The Morgan fingerprint density at radius 1 is 1.27 bits per heavy atom. The molecule has 6 heteroatoms. The van der Waals surface area contributed by atoms with Gasteiger partial charge in [0, 0.05) is 11.7 Å².